The first-order valence-corrected chi connectivity index (χ1v) is 18.6. The number of hydrogen-bond acceptors (Lipinski definition) is 6. The molecule has 0 saturated heterocycles. The van der Waals surface area contributed by atoms with Gasteiger partial charge in [-0.25, -0.2) is 17.6 Å². The molecule has 0 aliphatic rings. The molecule has 6 aromatic rings. The summed E-state index contributed by atoms with van der Waals surface area (Å²) >= 11 is 2.86. The number of carbonyl (C=O) groups is 2. The predicted molar refractivity (Wildman–Crippen MR) is 211 cm³/mol. The van der Waals surface area contributed by atoms with Crippen LogP contribution < -0.4 is 20.5 Å². The third-order valence-electron chi connectivity index (χ3n) is 8.10. The van der Waals surface area contributed by atoms with Crippen LogP contribution in [0.15, 0.2) is 138 Å². The second kappa shape index (κ2) is 22.1. The number of ether oxygens (including phenoxy) is 2. The molecular weight excluding hydrogens is 928 g/mol. The van der Waals surface area contributed by atoms with Crippen LogP contribution in [0.3, 0.4) is 0 Å². The number of alkyl halides is 8. The molecule has 0 aliphatic carbocycles. The van der Waals surface area contributed by atoms with Gasteiger partial charge in [0.15, 0.2) is 11.6 Å². The number of carbonyl (C=O) groups excluding carboxylic acids is 2. The number of hydrogen-bond donors (Lipinski definition) is 2. The van der Waals surface area contributed by atoms with Crippen molar-refractivity contribution in [3.05, 3.63) is 195 Å². The maximum atomic E-state index is 14.1. The van der Waals surface area contributed by atoms with E-state index in [-0.39, 0.29) is 27.8 Å². The topological polar surface area (TPSA) is 90.7 Å². The Morgan fingerprint density at radius 1 is 0.556 bits per heavy atom. The van der Waals surface area contributed by atoms with Gasteiger partial charge >= 0.3 is 25.1 Å². The Labute approximate surface area is 359 Å². The Morgan fingerprint density at radius 3 is 1.40 bits per heavy atom. The van der Waals surface area contributed by atoms with Crippen LogP contribution in [0.1, 0.15) is 43.0 Å². The highest BCUT2D eigenvalue weighted by molar-refractivity contribution is 9.10. The summed E-state index contributed by atoms with van der Waals surface area (Å²) in [5.41, 5.74) is 6.39. The van der Waals surface area contributed by atoms with Gasteiger partial charge in [-0.3, -0.25) is 9.59 Å². The summed E-state index contributed by atoms with van der Waals surface area (Å²) in [6, 6.07) is 29.3. The second-order valence-corrected chi connectivity index (χ2v) is 13.6. The minimum Gasteiger partial charge on any atom is -0.428 e. The van der Waals surface area contributed by atoms with Gasteiger partial charge in [0.05, 0.1) is 10.2 Å². The number of benzene rings is 6. The van der Waals surface area contributed by atoms with Crippen molar-refractivity contribution < 1.29 is 71.7 Å². The van der Waals surface area contributed by atoms with Crippen molar-refractivity contribution in [2.75, 3.05) is 5.32 Å². The molecule has 0 heterocycles. The molecule has 0 fully saturated rings. The number of nitrogens with one attached hydrogen (secondary N) is 1. The monoisotopic (exact) mass is 958 g/mol. The fourth-order valence-electron chi connectivity index (χ4n) is 5.09. The van der Waals surface area contributed by atoms with Crippen molar-refractivity contribution in [3.63, 3.8) is 0 Å². The molecule has 0 spiro atoms. The molecule has 6 rings (SSSR count). The highest BCUT2D eigenvalue weighted by atomic mass is 79.9. The molecule has 0 aliphatic heterocycles. The number of rotatable bonds is 14. The highest BCUT2D eigenvalue weighted by Gasteiger charge is 2.45. The van der Waals surface area contributed by atoms with E-state index in [9.17, 15) is 62.3 Å². The highest BCUT2D eigenvalue weighted by Crippen LogP contribution is 2.31. The van der Waals surface area contributed by atoms with Gasteiger partial charge in [0.2, 0.25) is 0 Å². The molecule has 0 aromatic heterocycles. The van der Waals surface area contributed by atoms with E-state index in [2.05, 4.69) is 30.7 Å². The summed E-state index contributed by atoms with van der Waals surface area (Å²) in [5.74, 6) is -7.13. The zero-order chi connectivity index (χ0) is 46.5. The van der Waals surface area contributed by atoms with E-state index in [1.807, 2.05) is 48.5 Å². The van der Waals surface area contributed by atoms with Gasteiger partial charge in [0.1, 0.15) is 34.8 Å². The number of nitrogens with two attached hydrogens (primary N) is 1. The zero-order valence-electron chi connectivity index (χ0n) is 31.9. The largest absolute Gasteiger partial charge is 0.461 e. The minimum absolute atomic E-state index is 0.00758. The first kappa shape index (κ1) is 49.3. The predicted octanol–water partition coefficient (Wildman–Crippen LogP) is 12.4. The van der Waals surface area contributed by atoms with Gasteiger partial charge in [-0.1, -0.05) is 60.7 Å². The standard InChI is InChI=1S/C22H15F6NO2.C15H7BrF6O2.C7H9N/c23-16-8-15(9-17(11-16)31-22(27,28)21(25)26)20(30)14-6-7-18(24)19(10-14)29-12-13-4-2-1-3-5-13;16-11-5-7(1-2-12(11)18)13(23)8-3-9(17)6-10(4-8)24-15(21,22)14(19)20;8-6-7-4-2-1-3-5-7/h1-11,21,29H,12H2;1-6,14H;1-5H,6,8H2. The lowest BCUT2D eigenvalue weighted by Gasteiger charge is -2.17. The average molecular weight is 960 g/mol. The summed E-state index contributed by atoms with van der Waals surface area (Å²) in [6.45, 7) is 0.900. The molecule has 63 heavy (non-hydrogen) atoms. The van der Waals surface area contributed by atoms with Crippen LogP contribution in [0.25, 0.3) is 0 Å². The smallest absolute Gasteiger partial charge is 0.428 e. The quantitative estimate of drug-likeness (QED) is 0.0835. The van der Waals surface area contributed by atoms with Crippen molar-refractivity contribution in [3.8, 4) is 11.5 Å². The minimum atomic E-state index is -4.86. The Balaban J connectivity index is 0.000000240. The average Bonchev–Trinajstić information content (AvgIpc) is 3.24. The molecule has 332 valence electrons. The summed E-state index contributed by atoms with van der Waals surface area (Å²) in [5, 5.41) is 2.83. The van der Waals surface area contributed by atoms with Gasteiger partial charge in [-0.15, -0.1) is 0 Å². The van der Waals surface area contributed by atoms with Crippen LogP contribution in [-0.4, -0.2) is 36.6 Å². The lowest BCUT2D eigenvalue weighted by atomic mass is 10.0. The molecule has 0 radical (unpaired) electrons. The molecular formula is C44H31BrF12N2O4. The number of ketones is 2. The third kappa shape index (κ3) is 14.6. The van der Waals surface area contributed by atoms with E-state index in [1.54, 1.807) is 12.1 Å². The third-order valence-corrected chi connectivity index (χ3v) is 8.71. The summed E-state index contributed by atoms with van der Waals surface area (Å²) in [4.78, 5) is 24.9. The van der Waals surface area contributed by atoms with Gasteiger partial charge in [0.25, 0.3) is 0 Å². The summed E-state index contributed by atoms with van der Waals surface area (Å²) in [7, 11) is 0. The van der Waals surface area contributed by atoms with E-state index in [1.165, 1.54) is 11.6 Å². The van der Waals surface area contributed by atoms with Crippen molar-refractivity contribution in [2.24, 2.45) is 5.73 Å². The molecule has 0 amide bonds. The van der Waals surface area contributed by atoms with Gasteiger partial charge in [-0.05, 0) is 87.7 Å². The normalized spacial score (nSPS) is 11.2. The fraction of sp³-hybridized carbons (Fsp3) is 0.136. The Morgan fingerprint density at radius 2 is 0.984 bits per heavy atom. The van der Waals surface area contributed by atoms with Gasteiger partial charge in [-0.2, -0.15) is 35.1 Å². The molecule has 0 unspecified atom stereocenters. The molecule has 19 heteroatoms. The number of anilines is 1. The van der Waals surface area contributed by atoms with Crippen molar-refractivity contribution >= 4 is 33.2 Å². The van der Waals surface area contributed by atoms with Crippen molar-refractivity contribution in [1.82, 2.24) is 0 Å². The maximum Gasteiger partial charge on any atom is 0.461 e. The lowest BCUT2D eigenvalue weighted by Crippen LogP contribution is -2.33. The van der Waals surface area contributed by atoms with Crippen molar-refractivity contribution in [1.29, 1.82) is 0 Å². The Hall–Kier alpha value is -6.34. The van der Waals surface area contributed by atoms with E-state index in [4.69, 9.17) is 5.73 Å². The number of halogens is 13. The first-order chi connectivity index (χ1) is 29.7. The zero-order valence-corrected chi connectivity index (χ0v) is 33.5. The van der Waals surface area contributed by atoms with E-state index >= 15 is 0 Å². The van der Waals surface area contributed by atoms with Gasteiger partial charge < -0.3 is 20.5 Å². The van der Waals surface area contributed by atoms with Crippen LogP contribution in [0.2, 0.25) is 0 Å². The van der Waals surface area contributed by atoms with Crippen LogP contribution in [-0.2, 0) is 13.1 Å². The van der Waals surface area contributed by atoms with E-state index in [0.29, 0.717) is 36.9 Å². The summed E-state index contributed by atoms with van der Waals surface area (Å²) < 4.78 is 163. The summed E-state index contributed by atoms with van der Waals surface area (Å²) in [6.07, 6.45) is -18.0. The van der Waals surface area contributed by atoms with Crippen LogP contribution in [0.5, 0.6) is 11.5 Å². The Kier molecular flexibility index (Phi) is 17.3. The molecule has 6 aromatic carbocycles. The molecule has 0 saturated carbocycles. The SMILES string of the molecule is NCc1ccccc1.O=C(c1cc(F)cc(OC(F)(F)C(F)F)c1)c1ccc(F)c(Br)c1.O=C(c1cc(F)cc(OC(F)(F)C(F)F)c1)c1ccc(F)c(NCc2ccccc2)c1. The van der Waals surface area contributed by atoms with Crippen LogP contribution in [0, 0.1) is 23.3 Å². The van der Waals surface area contributed by atoms with Crippen LogP contribution >= 0.6 is 15.9 Å². The fourth-order valence-corrected chi connectivity index (χ4v) is 5.47. The van der Waals surface area contributed by atoms with E-state index < -0.39 is 82.5 Å². The first-order valence-electron chi connectivity index (χ1n) is 17.9. The second-order valence-electron chi connectivity index (χ2n) is 12.8. The molecule has 0 bridgehead atoms. The lowest BCUT2D eigenvalue weighted by molar-refractivity contribution is -0.253. The molecule has 6 nitrogen and oxygen atoms in total. The van der Waals surface area contributed by atoms with Crippen molar-refractivity contribution in [2.45, 2.75) is 38.2 Å². The maximum absolute atomic E-state index is 14.1. The van der Waals surface area contributed by atoms with E-state index in [0.717, 1.165) is 42.0 Å². The van der Waals surface area contributed by atoms with Crippen LogP contribution in [0.4, 0.5) is 58.4 Å². The molecule has 3 N–H and O–H groups in total. The Bertz CT molecular complexity index is 2480. The molecule has 0 atom stereocenters. The van der Waals surface area contributed by atoms with Gasteiger partial charge in [0, 0.05) is 47.5 Å².